The van der Waals surface area contributed by atoms with Gasteiger partial charge < -0.3 is 20.3 Å². The van der Waals surface area contributed by atoms with E-state index in [0.29, 0.717) is 18.9 Å². The third-order valence-corrected chi connectivity index (χ3v) is 6.39. The summed E-state index contributed by atoms with van der Waals surface area (Å²) in [4.78, 5) is 28.1. The van der Waals surface area contributed by atoms with Gasteiger partial charge in [-0.3, -0.25) is 4.79 Å². The van der Waals surface area contributed by atoms with Crippen LogP contribution in [0.25, 0.3) is 16.8 Å². The number of urea groups is 1. The summed E-state index contributed by atoms with van der Waals surface area (Å²) < 4.78 is 7.02. The molecule has 0 bridgehead atoms. The Morgan fingerprint density at radius 1 is 0.949 bits per heavy atom. The van der Waals surface area contributed by atoms with Crippen molar-refractivity contribution in [1.82, 2.24) is 20.0 Å². The van der Waals surface area contributed by atoms with Gasteiger partial charge in [-0.1, -0.05) is 74.0 Å². The van der Waals surface area contributed by atoms with Crippen molar-refractivity contribution < 1.29 is 14.3 Å². The van der Waals surface area contributed by atoms with Crippen LogP contribution in [0.2, 0.25) is 0 Å². The van der Waals surface area contributed by atoms with Gasteiger partial charge in [-0.15, -0.1) is 0 Å². The fourth-order valence-corrected chi connectivity index (χ4v) is 4.34. The average Bonchev–Trinajstić information content (AvgIpc) is 3.30. The molecule has 1 heterocycles. The van der Waals surface area contributed by atoms with Crippen LogP contribution in [-0.2, 0) is 11.3 Å². The van der Waals surface area contributed by atoms with E-state index in [1.165, 1.54) is 0 Å². The Balaban J connectivity index is 1.59. The summed E-state index contributed by atoms with van der Waals surface area (Å²) in [7, 11) is 1.62. The number of hydrogen-bond acceptors (Lipinski definition) is 4. The van der Waals surface area contributed by atoms with Crippen molar-refractivity contribution >= 4 is 17.8 Å². The second kappa shape index (κ2) is 13.3. The lowest BCUT2D eigenvalue weighted by atomic mass is 10.1. The molecule has 4 rings (SSSR count). The van der Waals surface area contributed by atoms with Crippen LogP contribution in [0.15, 0.2) is 84.9 Å². The summed E-state index contributed by atoms with van der Waals surface area (Å²) >= 11 is 0. The molecule has 3 amide bonds. The van der Waals surface area contributed by atoms with Crippen molar-refractivity contribution in [2.45, 2.75) is 33.2 Å². The zero-order valence-corrected chi connectivity index (χ0v) is 22.7. The van der Waals surface area contributed by atoms with Crippen LogP contribution in [-0.4, -0.2) is 46.8 Å². The van der Waals surface area contributed by atoms with Crippen LogP contribution in [0.5, 0.6) is 5.75 Å². The van der Waals surface area contributed by atoms with E-state index in [4.69, 9.17) is 9.84 Å². The minimum Gasteiger partial charge on any atom is -0.497 e. The van der Waals surface area contributed by atoms with Gasteiger partial charge in [0.15, 0.2) is 0 Å². The van der Waals surface area contributed by atoms with E-state index in [0.717, 1.165) is 46.7 Å². The van der Waals surface area contributed by atoms with Gasteiger partial charge >= 0.3 is 6.03 Å². The molecule has 0 saturated carbocycles. The summed E-state index contributed by atoms with van der Waals surface area (Å²) in [6.07, 6.45) is 1.70. The highest BCUT2D eigenvalue weighted by atomic mass is 16.5. The van der Waals surface area contributed by atoms with E-state index in [2.05, 4.69) is 17.6 Å². The molecule has 0 spiro atoms. The predicted octanol–water partition coefficient (Wildman–Crippen LogP) is 5.81. The normalized spacial score (nSPS) is 10.6. The quantitative estimate of drug-likeness (QED) is 0.259. The first kappa shape index (κ1) is 27.4. The van der Waals surface area contributed by atoms with E-state index < -0.39 is 0 Å². The van der Waals surface area contributed by atoms with Crippen LogP contribution in [0.3, 0.4) is 0 Å². The van der Waals surface area contributed by atoms with Crippen LogP contribution in [0.4, 0.5) is 10.6 Å². The summed E-state index contributed by atoms with van der Waals surface area (Å²) in [5.41, 5.74) is 4.31. The zero-order valence-electron chi connectivity index (χ0n) is 22.7. The molecule has 8 nitrogen and oxygen atoms in total. The van der Waals surface area contributed by atoms with Crippen molar-refractivity contribution in [3.63, 3.8) is 0 Å². The molecule has 0 aliphatic heterocycles. The molecule has 0 saturated heterocycles. The lowest BCUT2D eigenvalue weighted by molar-refractivity contribution is -0.116. The van der Waals surface area contributed by atoms with E-state index in [-0.39, 0.29) is 18.5 Å². The number of carbonyl (C=O) groups excluding carboxylic acids is 2. The highest BCUT2D eigenvalue weighted by molar-refractivity contribution is 5.97. The summed E-state index contributed by atoms with van der Waals surface area (Å²) in [5.74, 6) is 0.978. The minimum atomic E-state index is -0.298. The maximum absolute atomic E-state index is 13.4. The fraction of sp³-hybridized carbons (Fsp3) is 0.258. The van der Waals surface area contributed by atoms with E-state index >= 15 is 0 Å². The molecule has 2 N–H and O–H groups in total. The van der Waals surface area contributed by atoms with Crippen molar-refractivity contribution in [3.05, 3.63) is 96.2 Å². The van der Waals surface area contributed by atoms with E-state index in [9.17, 15) is 9.59 Å². The lowest BCUT2D eigenvalue weighted by Crippen LogP contribution is -2.44. The molecule has 0 fully saturated rings. The molecule has 4 aromatic rings. The summed E-state index contributed by atoms with van der Waals surface area (Å²) in [6.45, 7) is 4.77. The molecule has 0 atom stereocenters. The van der Waals surface area contributed by atoms with Gasteiger partial charge in [0.05, 0.1) is 18.5 Å². The molecule has 0 aliphatic carbocycles. The standard InChI is InChI=1S/C31H35N5O3/c1-4-5-20-35(31(38)32-21-24-12-8-6-9-13-24)22-28(37)33-30-29(25-14-10-7-11-15-25)23(2)34-36(30)26-16-18-27(39-3)19-17-26/h6-19H,4-5,20-22H2,1-3H3,(H,32,38)(H,33,37). The maximum atomic E-state index is 13.4. The number of amides is 3. The number of aromatic nitrogens is 2. The molecule has 0 unspecified atom stereocenters. The number of nitrogens with zero attached hydrogens (tertiary/aromatic N) is 3. The van der Waals surface area contributed by atoms with Gasteiger partial charge in [0, 0.05) is 18.7 Å². The number of rotatable bonds is 11. The minimum absolute atomic E-state index is 0.0817. The number of benzene rings is 3. The molecule has 202 valence electrons. The molecule has 0 radical (unpaired) electrons. The maximum Gasteiger partial charge on any atom is 0.318 e. The Labute approximate surface area is 229 Å². The van der Waals surface area contributed by atoms with Gasteiger partial charge in [0.1, 0.15) is 18.1 Å². The predicted molar refractivity (Wildman–Crippen MR) is 154 cm³/mol. The number of anilines is 1. The molecule has 1 aromatic heterocycles. The molecule has 39 heavy (non-hydrogen) atoms. The Bertz CT molecular complexity index is 1370. The number of nitrogens with one attached hydrogen (secondary N) is 2. The van der Waals surface area contributed by atoms with E-state index in [1.807, 2.05) is 91.9 Å². The Morgan fingerprint density at radius 3 is 2.26 bits per heavy atom. The van der Waals surface area contributed by atoms with Crippen molar-refractivity contribution in [1.29, 1.82) is 0 Å². The van der Waals surface area contributed by atoms with E-state index in [1.54, 1.807) is 16.7 Å². The van der Waals surface area contributed by atoms with Gasteiger partial charge in [-0.25, -0.2) is 9.48 Å². The molecule has 0 aliphatic rings. The summed E-state index contributed by atoms with van der Waals surface area (Å²) in [6, 6.07) is 26.8. The Hall–Kier alpha value is -4.59. The molecular formula is C31H35N5O3. The monoisotopic (exact) mass is 525 g/mol. The molecular weight excluding hydrogens is 490 g/mol. The smallest absolute Gasteiger partial charge is 0.318 e. The highest BCUT2D eigenvalue weighted by Crippen LogP contribution is 2.33. The number of carbonyl (C=O) groups is 2. The molecule has 3 aromatic carbocycles. The van der Waals surface area contributed by atoms with Crippen LogP contribution in [0, 0.1) is 6.92 Å². The Kier molecular flexibility index (Phi) is 9.34. The second-order valence-electron chi connectivity index (χ2n) is 9.25. The van der Waals surface area contributed by atoms with Crippen LogP contribution < -0.4 is 15.4 Å². The van der Waals surface area contributed by atoms with Gasteiger partial charge in [-0.05, 0) is 48.7 Å². The summed E-state index contributed by atoms with van der Waals surface area (Å²) in [5, 5.41) is 10.8. The largest absolute Gasteiger partial charge is 0.497 e. The first-order chi connectivity index (χ1) is 19.0. The zero-order chi connectivity index (χ0) is 27.6. The number of methoxy groups -OCH3 is 1. The molecule has 8 heteroatoms. The third kappa shape index (κ3) is 7.04. The lowest BCUT2D eigenvalue weighted by Gasteiger charge is -2.23. The van der Waals surface area contributed by atoms with Crippen molar-refractivity contribution in [3.8, 4) is 22.6 Å². The SMILES string of the molecule is CCCCN(CC(=O)Nc1c(-c2ccccc2)c(C)nn1-c1ccc(OC)cc1)C(=O)NCc1ccccc1. The number of hydrogen-bond donors (Lipinski definition) is 2. The first-order valence-electron chi connectivity index (χ1n) is 13.2. The average molecular weight is 526 g/mol. The van der Waals surface area contributed by atoms with Crippen molar-refractivity contribution in [2.75, 3.05) is 25.5 Å². The topological polar surface area (TPSA) is 88.5 Å². The Morgan fingerprint density at radius 2 is 1.62 bits per heavy atom. The first-order valence-corrected chi connectivity index (χ1v) is 13.2. The van der Waals surface area contributed by atoms with Crippen molar-refractivity contribution in [2.24, 2.45) is 0 Å². The fourth-order valence-electron chi connectivity index (χ4n) is 4.34. The number of ether oxygens (including phenoxy) is 1. The number of unbranched alkanes of at least 4 members (excludes halogenated alkanes) is 1. The highest BCUT2D eigenvalue weighted by Gasteiger charge is 2.23. The van der Waals surface area contributed by atoms with Gasteiger partial charge in [-0.2, -0.15) is 5.10 Å². The van der Waals surface area contributed by atoms with Gasteiger partial charge in [0.25, 0.3) is 0 Å². The van der Waals surface area contributed by atoms with Gasteiger partial charge in [0.2, 0.25) is 5.91 Å². The third-order valence-electron chi connectivity index (χ3n) is 6.39. The second-order valence-corrected chi connectivity index (χ2v) is 9.25. The van der Waals surface area contributed by atoms with Crippen LogP contribution >= 0.6 is 0 Å². The van der Waals surface area contributed by atoms with Crippen LogP contribution in [0.1, 0.15) is 31.0 Å². The number of aryl methyl sites for hydroxylation is 1.